The number of aryl methyl sites for hydroxylation is 2. The highest BCUT2D eigenvalue weighted by Gasteiger charge is 2.06. The lowest BCUT2D eigenvalue weighted by Crippen LogP contribution is -2.04. The third-order valence-electron chi connectivity index (χ3n) is 3.80. The van der Waals surface area contributed by atoms with Crippen LogP contribution in [0.25, 0.3) is 0 Å². The molecule has 0 radical (unpaired) electrons. The SMILES string of the molecule is CCOC(=O)c1ccc(Nc2ccnc(Nc3cc(C)cc(C)c3)n2)cc1. The third kappa shape index (κ3) is 5.04. The van der Waals surface area contributed by atoms with Crippen molar-refractivity contribution in [2.75, 3.05) is 17.2 Å². The predicted molar refractivity (Wildman–Crippen MR) is 107 cm³/mol. The Morgan fingerprint density at radius 3 is 2.33 bits per heavy atom. The summed E-state index contributed by atoms with van der Waals surface area (Å²) >= 11 is 0. The number of benzene rings is 2. The van der Waals surface area contributed by atoms with Crippen molar-refractivity contribution < 1.29 is 9.53 Å². The van der Waals surface area contributed by atoms with Crippen LogP contribution in [-0.2, 0) is 4.74 Å². The molecule has 0 fully saturated rings. The van der Waals surface area contributed by atoms with Gasteiger partial charge in [0.15, 0.2) is 0 Å². The van der Waals surface area contributed by atoms with Gasteiger partial charge in [-0.25, -0.2) is 9.78 Å². The van der Waals surface area contributed by atoms with Crippen LogP contribution in [0.15, 0.2) is 54.7 Å². The van der Waals surface area contributed by atoms with Crippen LogP contribution in [0.2, 0.25) is 0 Å². The Kier molecular flexibility index (Phi) is 5.66. The Bertz CT molecular complexity index is 919. The summed E-state index contributed by atoms with van der Waals surface area (Å²) in [6, 6.07) is 15.0. The smallest absolute Gasteiger partial charge is 0.338 e. The summed E-state index contributed by atoms with van der Waals surface area (Å²) in [7, 11) is 0. The molecule has 0 bridgehead atoms. The summed E-state index contributed by atoms with van der Waals surface area (Å²) in [5.74, 6) is 0.833. The molecule has 0 atom stereocenters. The zero-order chi connectivity index (χ0) is 19.2. The number of carbonyl (C=O) groups excluding carboxylic acids is 1. The maximum atomic E-state index is 11.7. The lowest BCUT2D eigenvalue weighted by atomic mass is 10.1. The molecule has 1 heterocycles. The molecule has 3 rings (SSSR count). The van der Waals surface area contributed by atoms with Gasteiger partial charge in [-0.3, -0.25) is 0 Å². The van der Waals surface area contributed by atoms with Crippen molar-refractivity contribution in [1.82, 2.24) is 9.97 Å². The maximum absolute atomic E-state index is 11.7. The van der Waals surface area contributed by atoms with Gasteiger partial charge < -0.3 is 15.4 Å². The number of hydrogen-bond donors (Lipinski definition) is 2. The van der Waals surface area contributed by atoms with E-state index in [1.807, 2.05) is 24.3 Å². The van der Waals surface area contributed by atoms with Crippen LogP contribution < -0.4 is 10.6 Å². The largest absolute Gasteiger partial charge is 0.462 e. The van der Waals surface area contributed by atoms with E-state index in [0.717, 1.165) is 11.4 Å². The average Bonchev–Trinajstić information content (AvgIpc) is 2.62. The first kappa shape index (κ1) is 18.4. The zero-order valence-corrected chi connectivity index (χ0v) is 15.6. The van der Waals surface area contributed by atoms with E-state index in [1.165, 1.54) is 11.1 Å². The lowest BCUT2D eigenvalue weighted by Gasteiger charge is -2.10. The number of anilines is 4. The van der Waals surface area contributed by atoms with Crippen LogP contribution in [-0.4, -0.2) is 22.5 Å². The Labute approximate surface area is 158 Å². The maximum Gasteiger partial charge on any atom is 0.338 e. The fourth-order valence-electron chi connectivity index (χ4n) is 2.72. The van der Waals surface area contributed by atoms with Gasteiger partial charge in [-0.15, -0.1) is 0 Å². The first-order valence-corrected chi connectivity index (χ1v) is 8.76. The summed E-state index contributed by atoms with van der Waals surface area (Å²) in [6.45, 7) is 6.25. The number of rotatable bonds is 6. The molecule has 2 N–H and O–H groups in total. The van der Waals surface area contributed by atoms with Gasteiger partial charge in [-0.2, -0.15) is 4.98 Å². The lowest BCUT2D eigenvalue weighted by molar-refractivity contribution is 0.0526. The number of hydrogen-bond acceptors (Lipinski definition) is 6. The van der Waals surface area contributed by atoms with E-state index in [1.54, 1.807) is 31.3 Å². The van der Waals surface area contributed by atoms with Gasteiger partial charge in [-0.05, 0) is 74.4 Å². The molecule has 0 aliphatic carbocycles. The number of carbonyl (C=O) groups is 1. The molecule has 0 spiro atoms. The number of esters is 1. The number of nitrogens with one attached hydrogen (secondary N) is 2. The molecule has 2 aromatic carbocycles. The van der Waals surface area contributed by atoms with E-state index in [4.69, 9.17) is 4.74 Å². The second-order valence-corrected chi connectivity index (χ2v) is 6.19. The van der Waals surface area contributed by atoms with Crippen molar-refractivity contribution >= 4 is 29.1 Å². The minimum Gasteiger partial charge on any atom is -0.462 e. The molecular formula is C21H22N4O2. The molecule has 27 heavy (non-hydrogen) atoms. The van der Waals surface area contributed by atoms with Crippen molar-refractivity contribution in [3.63, 3.8) is 0 Å². The molecule has 0 amide bonds. The molecule has 0 saturated heterocycles. The van der Waals surface area contributed by atoms with Gasteiger partial charge in [0, 0.05) is 17.6 Å². The number of aromatic nitrogens is 2. The molecule has 0 saturated carbocycles. The normalized spacial score (nSPS) is 10.3. The van der Waals surface area contributed by atoms with E-state index >= 15 is 0 Å². The quantitative estimate of drug-likeness (QED) is 0.616. The molecule has 0 unspecified atom stereocenters. The molecular weight excluding hydrogens is 340 g/mol. The van der Waals surface area contributed by atoms with Crippen LogP contribution in [0.5, 0.6) is 0 Å². The topological polar surface area (TPSA) is 76.1 Å². The predicted octanol–water partition coefficient (Wildman–Crippen LogP) is 4.76. The third-order valence-corrected chi connectivity index (χ3v) is 3.80. The Balaban J connectivity index is 1.71. The summed E-state index contributed by atoms with van der Waals surface area (Å²) in [6.07, 6.45) is 1.69. The minimum absolute atomic E-state index is 0.328. The van der Waals surface area contributed by atoms with E-state index in [2.05, 4.69) is 40.5 Å². The Morgan fingerprint density at radius 1 is 0.963 bits per heavy atom. The summed E-state index contributed by atoms with van der Waals surface area (Å²) in [5, 5.41) is 6.43. The number of nitrogens with zero attached hydrogens (tertiary/aromatic N) is 2. The highest BCUT2D eigenvalue weighted by Crippen LogP contribution is 2.20. The zero-order valence-electron chi connectivity index (χ0n) is 15.6. The molecule has 1 aromatic heterocycles. The second-order valence-electron chi connectivity index (χ2n) is 6.19. The monoisotopic (exact) mass is 362 g/mol. The Hall–Kier alpha value is -3.41. The van der Waals surface area contributed by atoms with Crippen molar-refractivity contribution in [1.29, 1.82) is 0 Å². The van der Waals surface area contributed by atoms with E-state index in [9.17, 15) is 4.79 Å². The Morgan fingerprint density at radius 2 is 1.67 bits per heavy atom. The van der Waals surface area contributed by atoms with Gasteiger partial charge in [0.05, 0.1) is 12.2 Å². The van der Waals surface area contributed by atoms with Crippen molar-refractivity contribution in [2.45, 2.75) is 20.8 Å². The highest BCUT2D eigenvalue weighted by molar-refractivity contribution is 5.89. The molecule has 138 valence electrons. The molecule has 3 aromatic rings. The van der Waals surface area contributed by atoms with Crippen molar-refractivity contribution in [3.8, 4) is 0 Å². The van der Waals surface area contributed by atoms with Gasteiger partial charge in [0.1, 0.15) is 5.82 Å². The van der Waals surface area contributed by atoms with Gasteiger partial charge >= 0.3 is 5.97 Å². The summed E-state index contributed by atoms with van der Waals surface area (Å²) in [5.41, 5.74) is 4.63. The second kappa shape index (κ2) is 8.31. The first-order chi connectivity index (χ1) is 13.0. The summed E-state index contributed by atoms with van der Waals surface area (Å²) in [4.78, 5) is 20.5. The van der Waals surface area contributed by atoms with E-state index in [0.29, 0.717) is 23.9 Å². The van der Waals surface area contributed by atoms with Crippen LogP contribution in [0.4, 0.5) is 23.1 Å². The van der Waals surface area contributed by atoms with E-state index in [-0.39, 0.29) is 5.97 Å². The van der Waals surface area contributed by atoms with Gasteiger partial charge in [-0.1, -0.05) is 6.07 Å². The van der Waals surface area contributed by atoms with Crippen molar-refractivity contribution in [2.24, 2.45) is 0 Å². The van der Waals surface area contributed by atoms with Crippen LogP contribution in [0.3, 0.4) is 0 Å². The fraction of sp³-hybridized carbons (Fsp3) is 0.190. The van der Waals surface area contributed by atoms with Crippen molar-refractivity contribution in [3.05, 3.63) is 71.4 Å². The van der Waals surface area contributed by atoms with Gasteiger partial charge in [0.25, 0.3) is 0 Å². The van der Waals surface area contributed by atoms with Crippen LogP contribution in [0.1, 0.15) is 28.4 Å². The highest BCUT2D eigenvalue weighted by atomic mass is 16.5. The molecule has 6 heteroatoms. The molecule has 0 aliphatic heterocycles. The van der Waals surface area contributed by atoms with E-state index < -0.39 is 0 Å². The first-order valence-electron chi connectivity index (χ1n) is 8.76. The van der Waals surface area contributed by atoms with Crippen LogP contribution >= 0.6 is 0 Å². The van der Waals surface area contributed by atoms with Gasteiger partial charge in [0.2, 0.25) is 5.95 Å². The standard InChI is InChI=1S/C21H22N4O2/c1-4-27-20(26)16-5-7-17(8-6-16)23-19-9-10-22-21(25-19)24-18-12-14(2)11-15(3)13-18/h5-13H,4H2,1-3H3,(H2,22,23,24,25). The molecule has 6 nitrogen and oxygen atoms in total. The average molecular weight is 362 g/mol. The molecule has 0 aliphatic rings. The van der Waals surface area contributed by atoms with Crippen LogP contribution in [0, 0.1) is 13.8 Å². The minimum atomic E-state index is -0.328. The number of ether oxygens (including phenoxy) is 1. The summed E-state index contributed by atoms with van der Waals surface area (Å²) < 4.78 is 4.99. The fourth-order valence-corrected chi connectivity index (χ4v) is 2.72.